The molecule has 5 aromatic rings. The number of thiazole rings is 1. The van der Waals surface area contributed by atoms with Crippen molar-refractivity contribution < 1.29 is 4.79 Å². The lowest BCUT2D eigenvalue weighted by molar-refractivity contribution is -0.115. The van der Waals surface area contributed by atoms with E-state index >= 15 is 0 Å². The summed E-state index contributed by atoms with van der Waals surface area (Å²) in [6.45, 7) is 0. The summed E-state index contributed by atoms with van der Waals surface area (Å²) >= 11 is 7.51. The standard InChI is InChI=1S/C25H18ClN3OS/c26-19-12-10-18(11-13-19)23-15-29-20(16-31-25(29)28-23)14-24(30)27-22-9-5-4-8-21(22)17-6-2-1-3-7-17/h1-13,15-16H,14H2,(H,27,30). The number of imidazole rings is 1. The molecule has 2 heterocycles. The van der Waals surface area contributed by atoms with Crippen molar-refractivity contribution in [3.05, 3.63) is 101 Å². The maximum atomic E-state index is 12.9. The molecule has 3 aromatic carbocycles. The Morgan fingerprint density at radius 3 is 2.48 bits per heavy atom. The van der Waals surface area contributed by atoms with Crippen molar-refractivity contribution in [1.82, 2.24) is 9.38 Å². The fourth-order valence-corrected chi connectivity index (χ4v) is 4.54. The van der Waals surface area contributed by atoms with Crippen LogP contribution in [0.4, 0.5) is 5.69 Å². The van der Waals surface area contributed by atoms with Gasteiger partial charge in [-0.1, -0.05) is 72.3 Å². The number of nitrogens with zero attached hydrogens (tertiary/aromatic N) is 2. The number of benzene rings is 3. The largest absolute Gasteiger partial charge is 0.325 e. The first-order valence-corrected chi connectivity index (χ1v) is 11.1. The Bertz CT molecular complexity index is 1360. The minimum Gasteiger partial charge on any atom is -0.325 e. The number of fused-ring (bicyclic) bond motifs is 1. The maximum Gasteiger partial charge on any atom is 0.230 e. The number of para-hydroxylation sites is 1. The fourth-order valence-electron chi connectivity index (χ4n) is 3.54. The molecule has 0 atom stereocenters. The van der Waals surface area contributed by atoms with Gasteiger partial charge in [-0.2, -0.15) is 0 Å². The Morgan fingerprint density at radius 2 is 1.68 bits per heavy atom. The molecule has 0 radical (unpaired) electrons. The Morgan fingerprint density at radius 1 is 0.935 bits per heavy atom. The highest BCUT2D eigenvalue weighted by Gasteiger charge is 2.14. The van der Waals surface area contributed by atoms with Crippen molar-refractivity contribution in [2.45, 2.75) is 6.42 Å². The predicted molar refractivity (Wildman–Crippen MR) is 128 cm³/mol. The van der Waals surface area contributed by atoms with Gasteiger partial charge < -0.3 is 5.32 Å². The van der Waals surface area contributed by atoms with Crippen molar-refractivity contribution in [3.8, 4) is 22.4 Å². The molecule has 0 aliphatic rings. The topological polar surface area (TPSA) is 46.4 Å². The second-order valence-corrected chi connectivity index (χ2v) is 8.42. The lowest BCUT2D eigenvalue weighted by Gasteiger charge is -2.11. The third-order valence-corrected chi connectivity index (χ3v) is 6.19. The Labute approximate surface area is 188 Å². The zero-order valence-corrected chi connectivity index (χ0v) is 18.0. The van der Waals surface area contributed by atoms with Gasteiger partial charge in [0, 0.05) is 39.1 Å². The second-order valence-electron chi connectivity index (χ2n) is 7.15. The van der Waals surface area contributed by atoms with E-state index in [1.54, 1.807) is 0 Å². The number of anilines is 1. The average Bonchev–Trinajstić information content (AvgIpc) is 3.37. The number of nitrogens with one attached hydrogen (secondary N) is 1. The highest BCUT2D eigenvalue weighted by atomic mass is 35.5. The molecule has 1 N–H and O–H groups in total. The van der Waals surface area contributed by atoms with Crippen molar-refractivity contribution in [2.24, 2.45) is 0 Å². The molecule has 0 saturated heterocycles. The Kier molecular flexibility index (Phi) is 5.28. The zero-order valence-electron chi connectivity index (χ0n) is 16.5. The summed E-state index contributed by atoms with van der Waals surface area (Å²) in [5.74, 6) is -0.0650. The van der Waals surface area contributed by atoms with E-state index in [1.807, 2.05) is 94.8 Å². The van der Waals surface area contributed by atoms with Gasteiger partial charge in [0.05, 0.1) is 12.1 Å². The predicted octanol–water partition coefficient (Wildman–Crippen LogP) is 6.56. The number of halogens is 1. The van der Waals surface area contributed by atoms with Crippen molar-refractivity contribution >= 4 is 39.5 Å². The van der Waals surface area contributed by atoms with Gasteiger partial charge in [0.2, 0.25) is 5.91 Å². The van der Waals surface area contributed by atoms with E-state index in [0.29, 0.717) is 5.02 Å². The van der Waals surface area contributed by atoms with Gasteiger partial charge in [-0.25, -0.2) is 4.98 Å². The van der Waals surface area contributed by atoms with Crippen LogP contribution in [0.5, 0.6) is 0 Å². The molecule has 4 nitrogen and oxygen atoms in total. The van der Waals surface area contributed by atoms with Crippen LogP contribution in [0.1, 0.15) is 5.69 Å². The highest BCUT2D eigenvalue weighted by molar-refractivity contribution is 7.15. The summed E-state index contributed by atoms with van der Waals surface area (Å²) < 4.78 is 1.98. The summed E-state index contributed by atoms with van der Waals surface area (Å²) in [6, 6.07) is 25.5. The van der Waals surface area contributed by atoms with Gasteiger partial charge in [0.15, 0.2) is 4.96 Å². The molecule has 31 heavy (non-hydrogen) atoms. The van der Waals surface area contributed by atoms with E-state index in [2.05, 4.69) is 10.3 Å². The van der Waals surface area contributed by atoms with Crippen LogP contribution in [0.2, 0.25) is 5.02 Å². The molecule has 2 aromatic heterocycles. The lowest BCUT2D eigenvalue weighted by Crippen LogP contribution is -2.15. The number of hydrogen-bond donors (Lipinski definition) is 1. The number of carbonyl (C=O) groups excluding carboxylic acids is 1. The summed E-state index contributed by atoms with van der Waals surface area (Å²) in [7, 11) is 0. The number of carbonyl (C=O) groups is 1. The number of amides is 1. The average molecular weight is 444 g/mol. The molecule has 0 unspecified atom stereocenters. The van der Waals surface area contributed by atoms with Gasteiger partial charge >= 0.3 is 0 Å². The first-order chi connectivity index (χ1) is 15.2. The highest BCUT2D eigenvalue weighted by Crippen LogP contribution is 2.28. The molecule has 0 aliphatic heterocycles. The number of hydrogen-bond acceptors (Lipinski definition) is 3. The van der Waals surface area contributed by atoms with E-state index in [9.17, 15) is 4.79 Å². The van der Waals surface area contributed by atoms with Crippen LogP contribution in [-0.2, 0) is 11.2 Å². The Balaban J connectivity index is 1.37. The maximum absolute atomic E-state index is 12.9. The molecule has 6 heteroatoms. The van der Waals surface area contributed by atoms with E-state index in [0.717, 1.165) is 38.7 Å². The summed E-state index contributed by atoms with van der Waals surface area (Å²) in [4.78, 5) is 18.4. The molecular formula is C25H18ClN3OS. The normalized spacial score (nSPS) is 11.0. The second kappa shape index (κ2) is 8.38. The fraction of sp³-hybridized carbons (Fsp3) is 0.0400. The van der Waals surface area contributed by atoms with Crippen LogP contribution < -0.4 is 5.32 Å². The molecule has 0 spiro atoms. The van der Waals surface area contributed by atoms with Gasteiger partial charge in [-0.15, -0.1) is 11.3 Å². The van der Waals surface area contributed by atoms with Crippen LogP contribution in [-0.4, -0.2) is 15.3 Å². The smallest absolute Gasteiger partial charge is 0.230 e. The van der Waals surface area contributed by atoms with Crippen molar-refractivity contribution in [1.29, 1.82) is 0 Å². The molecule has 152 valence electrons. The van der Waals surface area contributed by atoms with Gasteiger partial charge in [0.1, 0.15) is 0 Å². The minimum atomic E-state index is -0.0650. The van der Waals surface area contributed by atoms with Crippen LogP contribution in [0, 0.1) is 0 Å². The Hall–Kier alpha value is -3.41. The molecule has 0 fully saturated rings. The third-order valence-electron chi connectivity index (χ3n) is 5.05. The van der Waals surface area contributed by atoms with E-state index in [-0.39, 0.29) is 12.3 Å². The molecular weight excluding hydrogens is 426 g/mol. The first kappa shape index (κ1) is 19.5. The molecule has 1 amide bonds. The van der Waals surface area contributed by atoms with Gasteiger partial charge in [-0.05, 0) is 23.8 Å². The van der Waals surface area contributed by atoms with Crippen molar-refractivity contribution in [3.63, 3.8) is 0 Å². The first-order valence-electron chi connectivity index (χ1n) is 9.83. The van der Waals surface area contributed by atoms with Crippen LogP contribution >= 0.6 is 22.9 Å². The van der Waals surface area contributed by atoms with Crippen LogP contribution in [0.25, 0.3) is 27.3 Å². The molecule has 0 aliphatic carbocycles. The molecule has 0 saturated carbocycles. The summed E-state index contributed by atoms with van der Waals surface area (Å²) in [5, 5.41) is 5.75. The summed E-state index contributed by atoms with van der Waals surface area (Å²) in [6.07, 6.45) is 2.23. The summed E-state index contributed by atoms with van der Waals surface area (Å²) in [5.41, 5.74) is 5.63. The molecule has 0 bridgehead atoms. The zero-order chi connectivity index (χ0) is 21.2. The van der Waals surface area contributed by atoms with Gasteiger partial charge in [-0.3, -0.25) is 9.20 Å². The monoisotopic (exact) mass is 443 g/mol. The third kappa shape index (κ3) is 4.10. The number of aromatic nitrogens is 2. The van der Waals surface area contributed by atoms with Crippen LogP contribution in [0.3, 0.4) is 0 Å². The SMILES string of the molecule is O=C(Cc1csc2nc(-c3ccc(Cl)cc3)cn12)Nc1ccccc1-c1ccccc1. The lowest BCUT2D eigenvalue weighted by atomic mass is 10.0. The van der Waals surface area contributed by atoms with E-state index in [1.165, 1.54) is 11.3 Å². The van der Waals surface area contributed by atoms with E-state index < -0.39 is 0 Å². The minimum absolute atomic E-state index is 0.0650. The quantitative estimate of drug-likeness (QED) is 0.334. The number of rotatable bonds is 5. The van der Waals surface area contributed by atoms with Crippen molar-refractivity contribution in [2.75, 3.05) is 5.32 Å². The molecule has 5 rings (SSSR count). The van der Waals surface area contributed by atoms with Crippen LogP contribution in [0.15, 0.2) is 90.4 Å². The van der Waals surface area contributed by atoms with E-state index in [4.69, 9.17) is 11.6 Å². The van der Waals surface area contributed by atoms with Gasteiger partial charge in [0.25, 0.3) is 0 Å².